The molecule has 9 heteroatoms. The largest absolute Gasteiger partial charge is 0.508 e. The number of hydrogen-bond donors (Lipinski definition) is 2. The number of phenolic OH excluding ortho intramolecular Hbond substituents is 1. The molecule has 5 rings (SSSR count). The Balaban J connectivity index is 1.79. The molecule has 0 amide bonds. The maximum Gasteiger partial charge on any atom is 0.270 e. The normalized spacial score (nSPS) is 20.9. The van der Waals surface area contributed by atoms with Crippen LogP contribution in [0.1, 0.15) is 48.5 Å². The van der Waals surface area contributed by atoms with E-state index < -0.39 is 10.8 Å². The van der Waals surface area contributed by atoms with Crippen molar-refractivity contribution in [1.29, 1.82) is 0 Å². The number of carbonyl (C=O) groups excluding carboxylic acids is 2. The number of nitrogens with one attached hydrogen (secondary N) is 1. The van der Waals surface area contributed by atoms with Crippen LogP contribution < -0.4 is 5.32 Å². The monoisotopic (exact) mass is 493 g/mol. The molecule has 0 aromatic heterocycles. The molecule has 2 aromatic rings. The van der Waals surface area contributed by atoms with Crippen LogP contribution in [0.25, 0.3) is 0 Å². The number of aromatic hydroxyl groups is 1. The summed E-state index contributed by atoms with van der Waals surface area (Å²) in [5, 5.41) is 26.2. The van der Waals surface area contributed by atoms with Gasteiger partial charge in [-0.2, -0.15) is 0 Å². The van der Waals surface area contributed by atoms with E-state index in [1.807, 2.05) is 18.7 Å². The van der Waals surface area contributed by atoms with Gasteiger partial charge in [0.05, 0.1) is 16.4 Å². The Labute approximate surface area is 207 Å². The van der Waals surface area contributed by atoms with Gasteiger partial charge in [0, 0.05) is 59.1 Å². The number of non-ortho nitro benzene ring substituents is 1. The number of carbonyl (C=O) groups is 2. The predicted molar refractivity (Wildman–Crippen MR) is 130 cm³/mol. The van der Waals surface area contributed by atoms with E-state index in [2.05, 4.69) is 5.32 Å². The molecule has 1 saturated heterocycles. The molecule has 2 N–H and O–H groups in total. The molecular weight excluding hydrogens is 470 g/mol. The third-order valence-corrected chi connectivity index (χ3v) is 7.09. The number of hydrogen-bond acceptors (Lipinski definition) is 7. The minimum Gasteiger partial charge on any atom is -0.508 e. The van der Waals surface area contributed by atoms with Crippen LogP contribution in [0.15, 0.2) is 65.1 Å². The molecule has 1 atom stereocenters. The summed E-state index contributed by atoms with van der Waals surface area (Å²) in [6.07, 6.45) is 0.880. The van der Waals surface area contributed by atoms with Gasteiger partial charge in [0.2, 0.25) is 0 Å². The van der Waals surface area contributed by atoms with Crippen molar-refractivity contribution >= 4 is 28.9 Å². The molecule has 8 nitrogen and oxygen atoms in total. The number of nitrogens with zero attached hydrogens (tertiary/aromatic N) is 2. The van der Waals surface area contributed by atoms with E-state index in [1.54, 1.807) is 24.3 Å². The number of ketones is 2. The van der Waals surface area contributed by atoms with E-state index in [1.165, 1.54) is 18.2 Å². The number of phenols is 1. The lowest BCUT2D eigenvalue weighted by Crippen LogP contribution is -2.40. The minimum atomic E-state index is -0.950. The predicted octanol–water partition coefficient (Wildman–Crippen LogP) is 4.69. The van der Waals surface area contributed by atoms with Crippen LogP contribution in [0.5, 0.6) is 5.75 Å². The molecule has 1 fully saturated rings. The van der Waals surface area contributed by atoms with Crippen LogP contribution in [0, 0.1) is 15.5 Å². The first-order chi connectivity index (χ1) is 16.6. The third kappa shape index (κ3) is 3.87. The van der Waals surface area contributed by atoms with Crippen LogP contribution in [-0.2, 0) is 4.79 Å². The third-order valence-electron chi connectivity index (χ3n) is 6.84. The number of nitro benzene ring substituents is 1. The van der Waals surface area contributed by atoms with Crippen molar-refractivity contribution in [3.8, 4) is 5.75 Å². The summed E-state index contributed by atoms with van der Waals surface area (Å²) in [5.41, 5.74) is 1.53. The van der Waals surface area contributed by atoms with Crippen molar-refractivity contribution in [3.05, 3.63) is 91.4 Å². The zero-order chi connectivity index (χ0) is 25.1. The number of fused-ring (bicyclic) bond motifs is 2. The maximum atomic E-state index is 14.0. The molecule has 1 unspecified atom stereocenters. The number of halogens is 1. The topological polar surface area (TPSA) is 113 Å². The van der Waals surface area contributed by atoms with E-state index in [0.29, 0.717) is 41.5 Å². The first kappa shape index (κ1) is 23.1. The summed E-state index contributed by atoms with van der Waals surface area (Å²) in [6, 6.07) is 10.2. The van der Waals surface area contributed by atoms with Crippen LogP contribution in [0.2, 0.25) is 5.02 Å². The Morgan fingerprint density at radius 3 is 2.60 bits per heavy atom. The second-order valence-corrected chi connectivity index (χ2v) is 10.3. The second kappa shape index (κ2) is 8.23. The van der Waals surface area contributed by atoms with Crippen molar-refractivity contribution in [2.75, 3.05) is 13.1 Å². The van der Waals surface area contributed by atoms with Crippen LogP contribution in [0.3, 0.4) is 0 Å². The molecule has 0 radical (unpaired) electrons. The highest BCUT2D eigenvalue weighted by atomic mass is 35.5. The SMILES string of the molecule is CC1(C)CC(=O)C2=C(C1)N1CCNC1=C(C(=O)c1ccc(Cl)cc1)C2c1cc([N+](=O)[O-])ccc1O. The standard InChI is InChI=1S/C26H24ClN3O5/c1-26(2)12-18-22(20(32)13-26)21(17-11-16(30(34)35)7-8-19(17)31)23(25-28-9-10-29(18)25)24(33)14-3-5-15(27)6-4-14/h3-8,11,21,28,31H,9-10,12-13H2,1-2H3. The summed E-state index contributed by atoms with van der Waals surface area (Å²) < 4.78 is 0. The summed E-state index contributed by atoms with van der Waals surface area (Å²) >= 11 is 6.03. The van der Waals surface area contributed by atoms with Gasteiger partial charge in [0.15, 0.2) is 11.6 Å². The quantitative estimate of drug-likeness (QED) is 0.360. The summed E-state index contributed by atoms with van der Waals surface area (Å²) in [4.78, 5) is 40.6. The summed E-state index contributed by atoms with van der Waals surface area (Å²) in [7, 11) is 0. The molecule has 2 heterocycles. The number of benzene rings is 2. The number of allylic oxidation sites excluding steroid dienone is 3. The average Bonchev–Trinajstić information content (AvgIpc) is 3.28. The highest BCUT2D eigenvalue weighted by molar-refractivity contribution is 6.30. The number of rotatable bonds is 4. The van der Waals surface area contributed by atoms with Crippen molar-refractivity contribution in [2.45, 2.75) is 32.6 Å². The summed E-state index contributed by atoms with van der Waals surface area (Å²) in [5.74, 6) is -1.05. The number of nitro groups is 1. The average molecular weight is 494 g/mol. The molecule has 1 aliphatic carbocycles. The fourth-order valence-electron chi connectivity index (χ4n) is 5.35. The minimum absolute atomic E-state index is 0.125. The van der Waals surface area contributed by atoms with Crippen molar-refractivity contribution in [3.63, 3.8) is 0 Å². The molecule has 35 heavy (non-hydrogen) atoms. The molecule has 2 aliphatic heterocycles. The molecule has 180 valence electrons. The molecule has 3 aliphatic rings. The van der Waals surface area contributed by atoms with Gasteiger partial charge in [-0.15, -0.1) is 0 Å². The fourth-order valence-corrected chi connectivity index (χ4v) is 5.47. The first-order valence-corrected chi connectivity index (χ1v) is 11.7. The zero-order valence-electron chi connectivity index (χ0n) is 19.3. The van der Waals surface area contributed by atoms with Gasteiger partial charge in [0.25, 0.3) is 5.69 Å². The Morgan fingerprint density at radius 1 is 1.20 bits per heavy atom. The first-order valence-electron chi connectivity index (χ1n) is 11.4. The van der Waals surface area contributed by atoms with Gasteiger partial charge in [-0.05, 0) is 42.2 Å². The lowest BCUT2D eigenvalue weighted by atomic mass is 9.67. The Kier molecular flexibility index (Phi) is 5.44. The summed E-state index contributed by atoms with van der Waals surface area (Å²) in [6.45, 7) is 5.21. The zero-order valence-corrected chi connectivity index (χ0v) is 20.1. The van der Waals surface area contributed by atoms with Crippen molar-refractivity contribution in [2.24, 2.45) is 5.41 Å². The molecule has 0 bridgehead atoms. The highest BCUT2D eigenvalue weighted by Gasteiger charge is 2.48. The van der Waals surface area contributed by atoms with Gasteiger partial charge in [-0.3, -0.25) is 19.7 Å². The molecular formula is C26H24ClN3O5. The lowest BCUT2D eigenvalue weighted by molar-refractivity contribution is -0.384. The van der Waals surface area contributed by atoms with Crippen molar-refractivity contribution < 1.29 is 19.6 Å². The fraction of sp³-hybridized carbons (Fsp3) is 0.308. The van der Waals surface area contributed by atoms with Gasteiger partial charge in [-0.25, -0.2) is 0 Å². The lowest BCUT2D eigenvalue weighted by Gasteiger charge is -2.43. The van der Waals surface area contributed by atoms with E-state index in [9.17, 15) is 24.8 Å². The van der Waals surface area contributed by atoms with Gasteiger partial charge < -0.3 is 15.3 Å². The van der Waals surface area contributed by atoms with E-state index in [0.717, 1.165) is 5.70 Å². The Bertz CT molecular complexity index is 1340. The molecule has 0 spiro atoms. The van der Waals surface area contributed by atoms with Gasteiger partial charge in [-0.1, -0.05) is 25.4 Å². The molecule has 0 saturated carbocycles. The van der Waals surface area contributed by atoms with E-state index in [4.69, 9.17) is 11.6 Å². The Hall–Kier alpha value is -3.65. The van der Waals surface area contributed by atoms with Gasteiger partial charge in [0.1, 0.15) is 11.6 Å². The number of Topliss-reactive ketones (excluding diaryl/α,β-unsaturated/α-hetero) is 2. The van der Waals surface area contributed by atoms with Crippen LogP contribution >= 0.6 is 11.6 Å². The molecule has 2 aromatic carbocycles. The smallest absolute Gasteiger partial charge is 0.270 e. The van der Waals surface area contributed by atoms with Gasteiger partial charge >= 0.3 is 0 Å². The van der Waals surface area contributed by atoms with E-state index >= 15 is 0 Å². The maximum absolute atomic E-state index is 14.0. The van der Waals surface area contributed by atoms with Crippen LogP contribution in [-0.4, -0.2) is 39.6 Å². The highest BCUT2D eigenvalue weighted by Crippen LogP contribution is 2.52. The second-order valence-electron chi connectivity index (χ2n) is 9.91. The Morgan fingerprint density at radius 2 is 1.91 bits per heavy atom. The van der Waals surface area contributed by atoms with E-state index in [-0.39, 0.29) is 46.0 Å². The van der Waals surface area contributed by atoms with Crippen LogP contribution in [0.4, 0.5) is 5.69 Å². The van der Waals surface area contributed by atoms with Crippen molar-refractivity contribution in [1.82, 2.24) is 10.2 Å².